The third-order valence-corrected chi connectivity index (χ3v) is 3.37. The van der Waals surface area contributed by atoms with Crippen LogP contribution in [0.1, 0.15) is 0 Å². The highest BCUT2D eigenvalue weighted by Crippen LogP contribution is 2.15. The Kier molecular flexibility index (Phi) is 4.35. The third-order valence-electron chi connectivity index (χ3n) is 1.82. The van der Waals surface area contributed by atoms with Gasteiger partial charge >= 0.3 is 0 Å². The smallest absolute Gasteiger partial charge is 0.240 e. The van der Waals surface area contributed by atoms with Crippen molar-refractivity contribution >= 4 is 21.6 Å². The normalized spacial score (nSPS) is 11.1. The number of sulfonamides is 1. The standard InChI is InChI=1S/C10H12ClNO3S/c1-8(11)7-12-16(13,14)10-5-3-9(15-2)4-6-10/h3-6,12H,1,7H2,2H3. The minimum absolute atomic E-state index is 0.00984. The first-order valence-corrected chi connectivity index (χ1v) is 6.29. The molecule has 6 heteroatoms. The molecule has 4 nitrogen and oxygen atoms in total. The molecule has 0 aromatic heterocycles. The molecule has 0 saturated carbocycles. The van der Waals surface area contributed by atoms with Crippen LogP contribution < -0.4 is 9.46 Å². The van der Waals surface area contributed by atoms with E-state index in [0.29, 0.717) is 5.75 Å². The maximum Gasteiger partial charge on any atom is 0.240 e. The van der Waals surface area contributed by atoms with Crippen LogP contribution in [0.5, 0.6) is 5.75 Å². The second-order valence-electron chi connectivity index (χ2n) is 3.02. The Morgan fingerprint density at radius 1 is 1.44 bits per heavy atom. The summed E-state index contributed by atoms with van der Waals surface area (Å²) in [6.45, 7) is 3.41. The molecule has 16 heavy (non-hydrogen) atoms. The number of hydrogen-bond acceptors (Lipinski definition) is 3. The zero-order chi connectivity index (χ0) is 12.2. The SMILES string of the molecule is C=C(Cl)CNS(=O)(=O)c1ccc(OC)cc1. The molecule has 0 aliphatic rings. The van der Waals surface area contributed by atoms with Gasteiger partial charge in [-0.2, -0.15) is 0 Å². The van der Waals surface area contributed by atoms with Gasteiger partial charge in [0.25, 0.3) is 0 Å². The van der Waals surface area contributed by atoms with E-state index in [1.54, 1.807) is 12.1 Å². The average Bonchev–Trinajstić information content (AvgIpc) is 2.27. The van der Waals surface area contributed by atoms with E-state index in [-0.39, 0.29) is 16.5 Å². The average molecular weight is 262 g/mol. The quantitative estimate of drug-likeness (QED) is 0.878. The zero-order valence-corrected chi connectivity index (χ0v) is 10.3. The topological polar surface area (TPSA) is 55.4 Å². The largest absolute Gasteiger partial charge is 0.497 e. The molecule has 0 bridgehead atoms. The summed E-state index contributed by atoms with van der Waals surface area (Å²) < 4.78 is 30.6. The van der Waals surface area contributed by atoms with Gasteiger partial charge in [0.2, 0.25) is 10.0 Å². The first-order valence-electron chi connectivity index (χ1n) is 4.42. The molecule has 0 spiro atoms. The van der Waals surface area contributed by atoms with Crippen molar-refractivity contribution in [2.24, 2.45) is 0 Å². The predicted octanol–water partition coefficient (Wildman–Crippen LogP) is 1.73. The highest BCUT2D eigenvalue weighted by atomic mass is 35.5. The lowest BCUT2D eigenvalue weighted by atomic mass is 10.3. The highest BCUT2D eigenvalue weighted by Gasteiger charge is 2.13. The van der Waals surface area contributed by atoms with E-state index in [4.69, 9.17) is 16.3 Å². The van der Waals surface area contributed by atoms with Crippen LogP contribution in [-0.2, 0) is 10.0 Å². The second-order valence-corrected chi connectivity index (χ2v) is 5.32. The minimum Gasteiger partial charge on any atom is -0.497 e. The fraction of sp³-hybridized carbons (Fsp3) is 0.200. The molecule has 0 aliphatic carbocycles. The van der Waals surface area contributed by atoms with Crippen LogP contribution >= 0.6 is 11.6 Å². The summed E-state index contributed by atoms with van der Waals surface area (Å²) in [6, 6.07) is 6.06. The Morgan fingerprint density at radius 2 is 2.00 bits per heavy atom. The van der Waals surface area contributed by atoms with Crippen LogP contribution in [-0.4, -0.2) is 22.1 Å². The lowest BCUT2D eigenvalue weighted by Crippen LogP contribution is -2.24. The van der Waals surface area contributed by atoms with Gasteiger partial charge in [-0.15, -0.1) is 0 Å². The van der Waals surface area contributed by atoms with Crippen LogP contribution in [0.15, 0.2) is 40.8 Å². The highest BCUT2D eigenvalue weighted by molar-refractivity contribution is 7.89. The summed E-state index contributed by atoms with van der Waals surface area (Å²) in [4.78, 5) is 0.159. The van der Waals surface area contributed by atoms with E-state index in [1.165, 1.54) is 19.2 Å². The van der Waals surface area contributed by atoms with Crippen molar-refractivity contribution in [2.45, 2.75) is 4.90 Å². The Bertz CT molecular complexity index is 467. The number of rotatable bonds is 5. The maximum atomic E-state index is 11.7. The molecule has 0 unspecified atom stereocenters. The summed E-state index contributed by atoms with van der Waals surface area (Å²) in [6.07, 6.45) is 0. The van der Waals surface area contributed by atoms with Gasteiger partial charge in [-0.05, 0) is 24.3 Å². The molecule has 1 aromatic rings. The summed E-state index contributed by atoms with van der Waals surface area (Å²) in [5.41, 5.74) is 0. The third kappa shape index (κ3) is 3.52. The Balaban J connectivity index is 2.85. The number of methoxy groups -OCH3 is 1. The summed E-state index contributed by atoms with van der Waals surface area (Å²) >= 11 is 5.48. The van der Waals surface area contributed by atoms with Crippen LogP contribution in [0.3, 0.4) is 0 Å². The Labute approximate surface area is 99.9 Å². The van der Waals surface area contributed by atoms with Crippen molar-refractivity contribution in [2.75, 3.05) is 13.7 Å². The fourth-order valence-corrected chi connectivity index (χ4v) is 2.18. The van der Waals surface area contributed by atoms with E-state index in [0.717, 1.165) is 0 Å². The molecule has 0 radical (unpaired) electrons. The number of ether oxygens (including phenoxy) is 1. The van der Waals surface area contributed by atoms with E-state index in [1.807, 2.05) is 0 Å². The molecule has 0 heterocycles. The molecule has 88 valence electrons. The molecule has 0 saturated heterocycles. The molecular formula is C10H12ClNO3S. The number of benzene rings is 1. The van der Waals surface area contributed by atoms with E-state index in [9.17, 15) is 8.42 Å². The van der Waals surface area contributed by atoms with E-state index < -0.39 is 10.0 Å². The van der Waals surface area contributed by atoms with Gasteiger partial charge in [0.05, 0.1) is 12.0 Å². The second kappa shape index (κ2) is 5.34. The predicted molar refractivity (Wildman–Crippen MR) is 63.2 cm³/mol. The van der Waals surface area contributed by atoms with Crippen LogP contribution in [0.2, 0.25) is 0 Å². The number of hydrogen-bond donors (Lipinski definition) is 1. The molecular weight excluding hydrogens is 250 g/mol. The Hall–Kier alpha value is -1.04. The Morgan fingerprint density at radius 3 is 2.44 bits per heavy atom. The maximum absolute atomic E-state index is 11.7. The van der Waals surface area contributed by atoms with Crippen LogP contribution in [0, 0.1) is 0 Å². The van der Waals surface area contributed by atoms with Gasteiger partial charge in [0.1, 0.15) is 5.75 Å². The monoisotopic (exact) mass is 261 g/mol. The van der Waals surface area contributed by atoms with Crippen molar-refractivity contribution in [3.05, 3.63) is 35.9 Å². The first-order chi connectivity index (χ1) is 7.45. The van der Waals surface area contributed by atoms with Crippen LogP contribution in [0.4, 0.5) is 0 Å². The van der Waals surface area contributed by atoms with Gasteiger partial charge in [0.15, 0.2) is 0 Å². The van der Waals surface area contributed by atoms with Gasteiger partial charge in [-0.3, -0.25) is 0 Å². The minimum atomic E-state index is -3.53. The molecule has 0 fully saturated rings. The molecule has 0 aliphatic heterocycles. The van der Waals surface area contributed by atoms with Gasteiger partial charge in [-0.1, -0.05) is 18.2 Å². The summed E-state index contributed by atoms with van der Waals surface area (Å²) in [5.74, 6) is 0.598. The van der Waals surface area contributed by atoms with E-state index in [2.05, 4.69) is 11.3 Å². The number of halogens is 1. The molecule has 1 rings (SSSR count). The van der Waals surface area contributed by atoms with Crippen molar-refractivity contribution in [1.29, 1.82) is 0 Å². The summed E-state index contributed by atoms with van der Waals surface area (Å²) in [5, 5.41) is 0.233. The van der Waals surface area contributed by atoms with Crippen molar-refractivity contribution in [3.8, 4) is 5.75 Å². The van der Waals surface area contributed by atoms with Gasteiger partial charge < -0.3 is 4.74 Å². The van der Waals surface area contributed by atoms with E-state index >= 15 is 0 Å². The van der Waals surface area contributed by atoms with Crippen molar-refractivity contribution < 1.29 is 13.2 Å². The van der Waals surface area contributed by atoms with Crippen LogP contribution in [0.25, 0.3) is 0 Å². The lowest BCUT2D eigenvalue weighted by Gasteiger charge is -2.06. The molecule has 1 aromatic carbocycles. The number of nitrogens with one attached hydrogen (secondary N) is 1. The van der Waals surface area contributed by atoms with Gasteiger partial charge in [-0.25, -0.2) is 13.1 Å². The van der Waals surface area contributed by atoms with Gasteiger partial charge in [0, 0.05) is 11.6 Å². The lowest BCUT2D eigenvalue weighted by molar-refractivity contribution is 0.414. The zero-order valence-electron chi connectivity index (χ0n) is 8.73. The molecule has 0 amide bonds. The summed E-state index contributed by atoms with van der Waals surface area (Å²) in [7, 11) is -2.02. The fourth-order valence-electron chi connectivity index (χ4n) is 1.01. The first kappa shape index (κ1) is 13.0. The molecule has 1 N–H and O–H groups in total. The van der Waals surface area contributed by atoms with Crippen molar-refractivity contribution in [1.82, 2.24) is 4.72 Å². The molecule has 0 atom stereocenters. The van der Waals surface area contributed by atoms with Crippen molar-refractivity contribution in [3.63, 3.8) is 0 Å².